The summed E-state index contributed by atoms with van der Waals surface area (Å²) in [7, 11) is 0. The number of aryl methyl sites for hydroxylation is 1. The van der Waals surface area contributed by atoms with Gasteiger partial charge in [0.1, 0.15) is 11.6 Å². The van der Waals surface area contributed by atoms with Crippen molar-refractivity contribution in [3.05, 3.63) is 94.3 Å². The molecule has 35 heavy (non-hydrogen) atoms. The molecule has 1 unspecified atom stereocenters. The van der Waals surface area contributed by atoms with Gasteiger partial charge in [0, 0.05) is 6.07 Å². The van der Waals surface area contributed by atoms with Crippen LogP contribution in [0.3, 0.4) is 0 Å². The number of nitrogens with zero attached hydrogens (tertiary/aromatic N) is 4. The fraction of sp³-hybridized carbons (Fsp3) is 0.120. The van der Waals surface area contributed by atoms with E-state index in [0.29, 0.717) is 33.6 Å². The van der Waals surface area contributed by atoms with Gasteiger partial charge in [-0.3, -0.25) is 14.0 Å². The summed E-state index contributed by atoms with van der Waals surface area (Å²) in [4.78, 5) is 26.2. The van der Waals surface area contributed by atoms with Crippen LogP contribution in [0.1, 0.15) is 12.5 Å². The van der Waals surface area contributed by atoms with Gasteiger partial charge in [0.25, 0.3) is 5.56 Å². The van der Waals surface area contributed by atoms with Crippen molar-refractivity contribution < 1.29 is 13.6 Å². The molecule has 0 aliphatic carbocycles. The minimum absolute atomic E-state index is 0.117. The van der Waals surface area contributed by atoms with E-state index in [1.54, 1.807) is 35.6 Å². The molecule has 0 saturated heterocycles. The number of aromatic nitrogens is 4. The highest BCUT2D eigenvalue weighted by molar-refractivity contribution is 8.00. The first-order valence-electron chi connectivity index (χ1n) is 10.7. The zero-order valence-corrected chi connectivity index (χ0v) is 19.5. The topological polar surface area (TPSA) is 81.3 Å². The standard InChI is InChI=1S/C25H19F2N5O2S/c1-14-7-3-5-9-20(14)31-23(34)17-8-4-6-10-21(17)32-24(31)29-30-25(32)35-15(2)22(33)28-19-12-11-16(26)13-18(19)27/h3-13,15H,1-2H3,(H,28,33). The van der Waals surface area contributed by atoms with Gasteiger partial charge >= 0.3 is 0 Å². The molecule has 2 aromatic heterocycles. The van der Waals surface area contributed by atoms with Crippen molar-refractivity contribution in [1.82, 2.24) is 19.2 Å². The highest BCUT2D eigenvalue weighted by Gasteiger charge is 2.23. The van der Waals surface area contributed by atoms with Crippen molar-refractivity contribution in [2.75, 3.05) is 5.32 Å². The zero-order valence-electron chi connectivity index (χ0n) is 18.7. The van der Waals surface area contributed by atoms with Gasteiger partial charge in [-0.25, -0.2) is 13.3 Å². The first kappa shape index (κ1) is 22.7. The van der Waals surface area contributed by atoms with Crippen molar-refractivity contribution in [2.24, 2.45) is 0 Å². The summed E-state index contributed by atoms with van der Waals surface area (Å²) in [5, 5.41) is 11.2. The molecule has 1 N–H and O–H groups in total. The molecule has 1 atom stereocenters. The molecule has 2 heterocycles. The Kier molecular flexibility index (Phi) is 5.81. The molecule has 7 nitrogen and oxygen atoms in total. The van der Waals surface area contributed by atoms with Gasteiger partial charge in [0.2, 0.25) is 11.7 Å². The number of hydrogen-bond donors (Lipinski definition) is 1. The maximum absolute atomic E-state index is 14.0. The number of thioether (sulfide) groups is 1. The highest BCUT2D eigenvalue weighted by Crippen LogP contribution is 2.27. The molecule has 0 spiro atoms. The second-order valence-corrected chi connectivity index (χ2v) is 9.24. The third-order valence-electron chi connectivity index (χ3n) is 5.59. The average Bonchev–Trinajstić information content (AvgIpc) is 3.25. The van der Waals surface area contributed by atoms with Gasteiger partial charge in [0.15, 0.2) is 5.16 Å². The summed E-state index contributed by atoms with van der Waals surface area (Å²) >= 11 is 1.11. The van der Waals surface area contributed by atoms with E-state index >= 15 is 0 Å². The minimum atomic E-state index is -0.864. The molecule has 176 valence electrons. The number of amides is 1. The number of para-hydroxylation sites is 2. The van der Waals surface area contributed by atoms with Gasteiger partial charge in [-0.1, -0.05) is 42.1 Å². The number of nitrogens with one attached hydrogen (secondary N) is 1. The number of halogens is 2. The quantitative estimate of drug-likeness (QED) is 0.359. The molecule has 0 bridgehead atoms. The fourth-order valence-corrected chi connectivity index (χ4v) is 4.68. The monoisotopic (exact) mass is 491 g/mol. The first-order valence-corrected chi connectivity index (χ1v) is 11.6. The molecule has 0 saturated carbocycles. The van der Waals surface area contributed by atoms with E-state index in [0.717, 1.165) is 23.4 Å². The third kappa shape index (κ3) is 4.06. The van der Waals surface area contributed by atoms with E-state index in [1.807, 2.05) is 31.2 Å². The van der Waals surface area contributed by atoms with Crippen molar-refractivity contribution in [3.8, 4) is 5.69 Å². The number of carbonyl (C=O) groups excluding carboxylic acids is 1. The second kappa shape index (κ2) is 8.95. The van der Waals surface area contributed by atoms with Crippen LogP contribution in [-0.4, -0.2) is 30.3 Å². The van der Waals surface area contributed by atoms with E-state index in [2.05, 4.69) is 15.5 Å². The number of benzene rings is 3. The van der Waals surface area contributed by atoms with Crippen LogP contribution in [-0.2, 0) is 4.79 Å². The Morgan fingerprint density at radius 1 is 1.03 bits per heavy atom. The number of hydrogen-bond acceptors (Lipinski definition) is 5. The van der Waals surface area contributed by atoms with E-state index in [1.165, 1.54) is 10.6 Å². The van der Waals surface area contributed by atoms with Crippen molar-refractivity contribution >= 4 is 40.0 Å². The molecule has 0 radical (unpaired) electrons. The van der Waals surface area contributed by atoms with Crippen LogP contribution in [0.5, 0.6) is 0 Å². The summed E-state index contributed by atoms with van der Waals surface area (Å²) in [6, 6.07) is 17.5. The Bertz CT molecular complexity index is 1660. The maximum atomic E-state index is 14.0. The molecule has 3 aromatic carbocycles. The SMILES string of the molecule is Cc1ccccc1-n1c(=O)c2ccccc2n2c(SC(C)C(=O)Nc3ccc(F)cc3F)nnc12. The molecule has 1 amide bonds. The number of carbonyl (C=O) groups is 1. The lowest BCUT2D eigenvalue weighted by Gasteiger charge is -2.14. The largest absolute Gasteiger partial charge is 0.323 e. The molecule has 10 heteroatoms. The lowest BCUT2D eigenvalue weighted by Crippen LogP contribution is -2.24. The summed E-state index contributed by atoms with van der Waals surface area (Å²) in [6.45, 7) is 3.54. The predicted molar refractivity (Wildman–Crippen MR) is 131 cm³/mol. The predicted octanol–water partition coefficient (Wildman–Crippen LogP) is 4.74. The fourth-order valence-electron chi connectivity index (χ4n) is 3.82. The summed E-state index contributed by atoms with van der Waals surface area (Å²) in [5.74, 6) is -1.78. The minimum Gasteiger partial charge on any atom is -0.323 e. The lowest BCUT2D eigenvalue weighted by atomic mass is 10.2. The van der Waals surface area contributed by atoms with Crippen LogP contribution in [0.2, 0.25) is 0 Å². The summed E-state index contributed by atoms with van der Waals surface area (Å²) in [6.07, 6.45) is 0. The highest BCUT2D eigenvalue weighted by atomic mass is 32.2. The Morgan fingerprint density at radius 2 is 1.77 bits per heavy atom. The van der Waals surface area contributed by atoms with Gasteiger partial charge in [-0.2, -0.15) is 0 Å². The van der Waals surface area contributed by atoms with Crippen LogP contribution in [0.25, 0.3) is 22.4 Å². The second-order valence-electron chi connectivity index (χ2n) is 7.94. The van der Waals surface area contributed by atoms with Crippen LogP contribution in [0.4, 0.5) is 14.5 Å². The van der Waals surface area contributed by atoms with Crippen LogP contribution in [0, 0.1) is 18.6 Å². The molecule has 5 aromatic rings. The van der Waals surface area contributed by atoms with Crippen molar-refractivity contribution in [2.45, 2.75) is 24.3 Å². The van der Waals surface area contributed by atoms with Crippen LogP contribution in [0.15, 0.2) is 76.7 Å². The molecule has 0 aliphatic heterocycles. The number of rotatable bonds is 5. The summed E-state index contributed by atoms with van der Waals surface area (Å²) < 4.78 is 30.4. The van der Waals surface area contributed by atoms with Crippen molar-refractivity contribution in [1.29, 1.82) is 0 Å². The summed E-state index contributed by atoms with van der Waals surface area (Å²) in [5.41, 5.74) is 1.81. The van der Waals surface area contributed by atoms with Gasteiger partial charge in [0.05, 0.1) is 27.5 Å². The average molecular weight is 492 g/mol. The lowest BCUT2D eigenvalue weighted by molar-refractivity contribution is -0.115. The third-order valence-corrected chi connectivity index (χ3v) is 6.63. The molecular weight excluding hydrogens is 472 g/mol. The Labute approximate surface area is 202 Å². The first-order chi connectivity index (χ1) is 16.8. The van der Waals surface area contributed by atoms with Crippen LogP contribution >= 0.6 is 11.8 Å². The van der Waals surface area contributed by atoms with E-state index in [9.17, 15) is 18.4 Å². The molecule has 5 rings (SSSR count). The smallest absolute Gasteiger partial charge is 0.267 e. The normalized spacial score (nSPS) is 12.2. The number of anilines is 1. The molecule has 0 fully saturated rings. The van der Waals surface area contributed by atoms with Gasteiger partial charge in [-0.05, 0) is 49.7 Å². The Hall–Kier alpha value is -4.05. The Morgan fingerprint density at radius 3 is 2.54 bits per heavy atom. The van der Waals surface area contributed by atoms with Crippen LogP contribution < -0.4 is 10.9 Å². The van der Waals surface area contributed by atoms with Gasteiger partial charge < -0.3 is 5.32 Å². The van der Waals surface area contributed by atoms with E-state index < -0.39 is 22.8 Å². The Balaban J connectivity index is 1.59. The molecular formula is C25H19F2N5O2S. The van der Waals surface area contributed by atoms with Crippen molar-refractivity contribution in [3.63, 3.8) is 0 Å². The van der Waals surface area contributed by atoms with E-state index in [4.69, 9.17) is 0 Å². The molecule has 0 aliphatic rings. The number of fused-ring (bicyclic) bond motifs is 3. The zero-order chi connectivity index (χ0) is 24.7. The maximum Gasteiger partial charge on any atom is 0.267 e. The van der Waals surface area contributed by atoms with E-state index in [-0.39, 0.29) is 11.2 Å². The van der Waals surface area contributed by atoms with Gasteiger partial charge in [-0.15, -0.1) is 10.2 Å².